The van der Waals surface area contributed by atoms with E-state index < -0.39 is 34.0 Å². The monoisotopic (exact) mass is 794 g/mol. The number of sulfonamides is 1. The number of carbonyl (C=O) groups is 2. The van der Waals surface area contributed by atoms with Crippen molar-refractivity contribution < 1.29 is 54.2 Å². The quantitative estimate of drug-likeness (QED) is 0.165. The van der Waals surface area contributed by atoms with E-state index in [-0.39, 0.29) is 23.5 Å². The van der Waals surface area contributed by atoms with Crippen molar-refractivity contribution in [3.8, 4) is 11.6 Å². The SMILES string of the molecule is O=C(O)C(F)(F)F.O=C(c1ccc(N2CCNCC2)c(NS(=O)(=O)Cc2ccccc2)c1)N1CCC(c2ccc(Oc3ccc(C(F)(F)F)nn3)cc2)CC1. The molecule has 0 atom stereocenters. The first-order chi connectivity index (χ1) is 26.0. The van der Waals surface area contributed by atoms with Gasteiger partial charge in [-0.1, -0.05) is 42.5 Å². The summed E-state index contributed by atoms with van der Waals surface area (Å²) in [6.07, 6.45) is -8.20. The number of nitrogens with zero attached hydrogens (tertiary/aromatic N) is 4. The molecule has 2 saturated heterocycles. The Morgan fingerprint density at radius 1 is 0.855 bits per heavy atom. The van der Waals surface area contributed by atoms with E-state index in [4.69, 9.17) is 14.6 Å². The number of hydrogen-bond acceptors (Lipinski definition) is 9. The fraction of sp³-hybridized carbons (Fsp3) is 0.333. The molecule has 4 aromatic rings. The van der Waals surface area contributed by atoms with Crippen molar-refractivity contribution in [1.29, 1.82) is 0 Å². The third-order valence-corrected chi connectivity index (χ3v) is 9.94. The molecular formula is C36H36F6N6O6S. The molecule has 0 saturated carbocycles. The summed E-state index contributed by atoms with van der Waals surface area (Å²) < 4.78 is 105. The number of piperidine rings is 1. The first kappa shape index (κ1) is 40.7. The number of amides is 1. The van der Waals surface area contributed by atoms with E-state index in [1.807, 2.05) is 24.3 Å². The van der Waals surface area contributed by atoms with Crippen LogP contribution in [0.1, 0.15) is 45.9 Å². The number of likely N-dealkylation sites (tertiary alicyclic amines) is 1. The Hall–Kier alpha value is -5.43. The molecule has 2 fully saturated rings. The van der Waals surface area contributed by atoms with E-state index in [0.29, 0.717) is 48.7 Å². The maximum absolute atomic E-state index is 13.7. The van der Waals surface area contributed by atoms with Gasteiger partial charge in [-0.05, 0) is 66.3 Å². The third kappa shape index (κ3) is 11.5. The number of nitrogens with one attached hydrogen (secondary N) is 2. The van der Waals surface area contributed by atoms with Crippen LogP contribution in [-0.2, 0) is 26.7 Å². The first-order valence-corrected chi connectivity index (χ1v) is 18.6. The van der Waals surface area contributed by atoms with Gasteiger partial charge in [0.05, 0.1) is 17.1 Å². The zero-order valence-corrected chi connectivity index (χ0v) is 29.8. The summed E-state index contributed by atoms with van der Waals surface area (Å²) in [6.45, 7) is 4.02. The summed E-state index contributed by atoms with van der Waals surface area (Å²) in [5, 5.41) is 17.1. The van der Waals surface area contributed by atoms with Gasteiger partial charge in [-0.2, -0.15) is 26.3 Å². The molecule has 0 unspecified atom stereocenters. The molecule has 0 spiro atoms. The van der Waals surface area contributed by atoms with E-state index in [1.54, 1.807) is 53.4 Å². The molecule has 19 heteroatoms. The van der Waals surface area contributed by atoms with Crippen molar-refractivity contribution >= 4 is 33.3 Å². The van der Waals surface area contributed by atoms with E-state index >= 15 is 0 Å². The van der Waals surface area contributed by atoms with Crippen LogP contribution in [0.15, 0.2) is 84.9 Å². The highest BCUT2D eigenvalue weighted by molar-refractivity contribution is 7.91. The average Bonchev–Trinajstić information content (AvgIpc) is 3.15. The number of hydrogen-bond donors (Lipinski definition) is 3. The molecule has 55 heavy (non-hydrogen) atoms. The highest BCUT2D eigenvalue weighted by Crippen LogP contribution is 2.34. The number of ether oxygens (including phenoxy) is 1. The Bertz CT molecular complexity index is 2020. The Morgan fingerprint density at radius 2 is 1.49 bits per heavy atom. The maximum Gasteiger partial charge on any atom is 0.490 e. The smallest absolute Gasteiger partial charge is 0.475 e. The van der Waals surface area contributed by atoms with Gasteiger partial charge in [-0.15, -0.1) is 10.2 Å². The summed E-state index contributed by atoms with van der Waals surface area (Å²) in [6, 6.07) is 23.4. The molecule has 0 bridgehead atoms. The van der Waals surface area contributed by atoms with Gasteiger partial charge >= 0.3 is 18.3 Å². The van der Waals surface area contributed by atoms with Crippen molar-refractivity contribution in [2.75, 3.05) is 48.9 Å². The minimum Gasteiger partial charge on any atom is -0.475 e. The van der Waals surface area contributed by atoms with Crippen LogP contribution in [0.3, 0.4) is 0 Å². The second kappa shape index (κ2) is 17.4. The molecule has 3 N–H and O–H groups in total. The Kier molecular flexibility index (Phi) is 12.9. The number of halogens is 6. The number of carboxylic acids is 1. The number of alkyl halides is 6. The average molecular weight is 795 g/mol. The molecule has 2 aliphatic rings. The highest BCUT2D eigenvalue weighted by atomic mass is 32.2. The van der Waals surface area contributed by atoms with Gasteiger partial charge < -0.3 is 25.0 Å². The number of rotatable bonds is 9. The van der Waals surface area contributed by atoms with E-state index in [1.165, 1.54) is 0 Å². The summed E-state index contributed by atoms with van der Waals surface area (Å²) in [4.78, 5) is 26.5. The Balaban J connectivity index is 0.000000757. The molecule has 3 aromatic carbocycles. The molecule has 6 rings (SSSR count). The topological polar surface area (TPSA) is 154 Å². The molecule has 294 valence electrons. The van der Waals surface area contributed by atoms with Gasteiger partial charge in [-0.3, -0.25) is 9.52 Å². The lowest BCUT2D eigenvalue weighted by Crippen LogP contribution is -2.44. The second-order valence-corrected chi connectivity index (χ2v) is 14.3. The summed E-state index contributed by atoms with van der Waals surface area (Å²) >= 11 is 0. The van der Waals surface area contributed by atoms with Crippen molar-refractivity contribution in [2.45, 2.75) is 36.9 Å². The second-order valence-electron chi connectivity index (χ2n) is 12.6. The lowest BCUT2D eigenvalue weighted by atomic mass is 9.89. The number of anilines is 2. The number of piperazine rings is 1. The van der Waals surface area contributed by atoms with Crippen molar-refractivity contribution in [2.24, 2.45) is 0 Å². The number of aliphatic carboxylic acids is 1. The van der Waals surface area contributed by atoms with Gasteiger partial charge in [0.15, 0.2) is 5.69 Å². The Morgan fingerprint density at radius 3 is 2.05 bits per heavy atom. The minimum absolute atomic E-state index is 0.0457. The molecule has 12 nitrogen and oxygen atoms in total. The van der Waals surface area contributed by atoms with Crippen LogP contribution >= 0.6 is 0 Å². The van der Waals surface area contributed by atoms with Crippen molar-refractivity contribution in [3.05, 3.63) is 107 Å². The van der Waals surface area contributed by atoms with E-state index in [0.717, 1.165) is 49.3 Å². The van der Waals surface area contributed by atoms with Crippen LogP contribution in [0.4, 0.5) is 37.7 Å². The van der Waals surface area contributed by atoms with Crippen molar-refractivity contribution in [1.82, 2.24) is 20.4 Å². The molecule has 1 amide bonds. The van der Waals surface area contributed by atoms with Gasteiger partial charge in [0.2, 0.25) is 15.9 Å². The summed E-state index contributed by atoms with van der Waals surface area (Å²) in [5.74, 6) is -2.53. The van der Waals surface area contributed by atoms with Crippen LogP contribution in [0.25, 0.3) is 0 Å². The van der Waals surface area contributed by atoms with Gasteiger partial charge in [-0.25, -0.2) is 13.2 Å². The van der Waals surface area contributed by atoms with Crippen LogP contribution in [0.2, 0.25) is 0 Å². The highest BCUT2D eigenvalue weighted by Gasteiger charge is 2.38. The van der Waals surface area contributed by atoms with Crippen molar-refractivity contribution in [3.63, 3.8) is 0 Å². The molecular weight excluding hydrogens is 758 g/mol. The molecule has 3 heterocycles. The number of carboxylic acid groups (broad SMARTS) is 1. The normalized spacial score (nSPS) is 15.5. The molecule has 1 aromatic heterocycles. The summed E-state index contributed by atoms with van der Waals surface area (Å²) in [5.41, 5.74) is 2.17. The number of benzene rings is 3. The fourth-order valence-corrected chi connectivity index (χ4v) is 7.18. The molecule has 0 radical (unpaired) electrons. The third-order valence-electron chi connectivity index (χ3n) is 8.70. The first-order valence-electron chi connectivity index (χ1n) is 16.9. The largest absolute Gasteiger partial charge is 0.490 e. The lowest BCUT2D eigenvalue weighted by molar-refractivity contribution is -0.192. The summed E-state index contributed by atoms with van der Waals surface area (Å²) in [7, 11) is -3.76. The van der Waals surface area contributed by atoms with E-state index in [9.17, 15) is 39.6 Å². The zero-order valence-electron chi connectivity index (χ0n) is 29.0. The van der Waals surface area contributed by atoms with Gasteiger partial charge in [0, 0.05) is 50.9 Å². The maximum atomic E-state index is 13.7. The minimum atomic E-state index is -5.08. The van der Waals surface area contributed by atoms with Crippen LogP contribution in [0, 0.1) is 0 Å². The van der Waals surface area contributed by atoms with Crippen LogP contribution in [0.5, 0.6) is 11.6 Å². The predicted molar refractivity (Wildman–Crippen MR) is 189 cm³/mol. The Labute approximate surface area is 312 Å². The standard InChI is InChI=1S/C34H35F3N6O4S.C2HF3O2/c35-34(36,37)31-12-13-32(40-39-31)47-28-9-6-25(7-10-28)26-14-18-43(19-15-26)33(44)27-8-11-30(42-20-16-38-17-21-42)29(22-27)41-48(45,46)23-24-4-2-1-3-5-24;3-2(4,5)1(6)7/h1-13,22,26,38,41H,14-21,23H2;(H,6,7). The van der Waals surface area contributed by atoms with Gasteiger partial charge in [0.1, 0.15) is 5.75 Å². The molecule has 2 aliphatic heterocycles. The fourth-order valence-electron chi connectivity index (χ4n) is 5.98. The molecule has 0 aliphatic carbocycles. The van der Waals surface area contributed by atoms with Crippen LogP contribution < -0.4 is 19.7 Å². The number of aromatic nitrogens is 2. The lowest BCUT2D eigenvalue weighted by Gasteiger charge is -2.33. The number of carbonyl (C=O) groups excluding carboxylic acids is 1. The van der Waals surface area contributed by atoms with E-state index in [2.05, 4.69) is 25.1 Å². The zero-order chi connectivity index (χ0) is 39.8. The van der Waals surface area contributed by atoms with Gasteiger partial charge in [0.25, 0.3) is 5.91 Å². The van der Waals surface area contributed by atoms with Crippen LogP contribution in [-0.4, -0.2) is 85.9 Å². The predicted octanol–water partition coefficient (Wildman–Crippen LogP) is 6.29.